The van der Waals surface area contributed by atoms with Gasteiger partial charge in [-0.3, -0.25) is 9.59 Å². The normalized spacial score (nSPS) is 35.3. The van der Waals surface area contributed by atoms with E-state index in [1.165, 1.54) is 21.1 Å². The third-order valence-corrected chi connectivity index (χ3v) is 5.37. The fraction of sp³-hybridized carbons (Fsp3) is 0.800. The van der Waals surface area contributed by atoms with E-state index in [2.05, 4.69) is 6.92 Å². The molecule has 0 bridgehead atoms. The summed E-state index contributed by atoms with van der Waals surface area (Å²) in [6.45, 7) is 7.13. The highest BCUT2D eigenvalue weighted by Gasteiger charge is 2.60. The van der Waals surface area contributed by atoms with Gasteiger partial charge in [0, 0.05) is 33.3 Å². The second kappa shape index (κ2) is 9.45. The van der Waals surface area contributed by atoms with Gasteiger partial charge in [0.05, 0.1) is 0 Å². The Morgan fingerprint density at radius 3 is 2.36 bits per heavy atom. The molecule has 0 aromatic heterocycles. The minimum atomic E-state index is -1.31. The molecule has 160 valence electrons. The van der Waals surface area contributed by atoms with E-state index in [1.54, 1.807) is 19.9 Å². The molecule has 5 atom stereocenters. The van der Waals surface area contributed by atoms with Gasteiger partial charge in [-0.2, -0.15) is 0 Å². The maximum atomic E-state index is 13.0. The van der Waals surface area contributed by atoms with Crippen LogP contribution in [0.15, 0.2) is 11.6 Å². The molecule has 0 aromatic carbocycles. The molecule has 8 nitrogen and oxygen atoms in total. The zero-order valence-electron chi connectivity index (χ0n) is 17.6. The molecule has 8 heteroatoms. The lowest BCUT2D eigenvalue weighted by atomic mass is 9.88. The summed E-state index contributed by atoms with van der Waals surface area (Å²) in [5, 5.41) is 0. The average Bonchev–Trinajstić information content (AvgIpc) is 2.67. The number of esters is 1. The third kappa shape index (κ3) is 4.63. The highest BCUT2D eigenvalue weighted by atomic mass is 16.8. The third-order valence-electron chi connectivity index (χ3n) is 5.37. The Kier molecular flexibility index (Phi) is 7.75. The maximum Gasteiger partial charge on any atom is 0.302 e. The van der Waals surface area contributed by atoms with Crippen molar-refractivity contribution in [1.82, 2.24) is 0 Å². The number of methoxy groups -OCH3 is 2. The Labute approximate surface area is 166 Å². The van der Waals surface area contributed by atoms with Crippen LogP contribution in [0.2, 0.25) is 0 Å². The molecule has 1 fully saturated rings. The first kappa shape index (κ1) is 23.0. The van der Waals surface area contributed by atoms with Crippen molar-refractivity contribution in [3.8, 4) is 0 Å². The first-order valence-corrected chi connectivity index (χ1v) is 9.67. The van der Waals surface area contributed by atoms with Crippen LogP contribution in [-0.4, -0.2) is 69.1 Å². The molecule has 2 aliphatic rings. The van der Waals surface area contributed by atoms with Gasteiger partial charge in [0.2, 0.25) is 11.6 Å². The van der Waals surface area contributed by atoms with Gasteiger partial charge in [0.1, 0.15) is 18.8 Å². The average molecular weight is 400 g/mol. The molecule has 0 unspecified atom stereocenters. The number of hydrogen-bond donors (Lipinski definition) is 0. The van der Waals surface area contributed by atoms with Gasteiger partial charge in [-0.1, -0.05) is 19.8 Å². The quantitative estimate of drug-likeness (QED) is 0.430. The second-order valence-electron chi connectivity index (χ2n) is 7.30. The van der Waals surface area contributed by atoms with Crippen molar-refractivity contribution in [2.24, 2.45) is 0 Å². The molecule has 0 saturated carbocycles. The smallest absolute Gasteiger partial charge is 0.302 e. The number of ether oxygens (including phenoxy) is 6. The Hall–Kier alpha value is -1.32. The SMILES string of the molecule is CCCCCO[C@H]1C=C(COC(C)=O)C(=O)[C@@H]2O[C@@](C)(OC)[C@](C)(OC)O[C@@H]12. The van der Waals surface area contributed by atoms with Gasteiger partial charge in [-0.25, -0.2) is 0 Å². The van der Waals surface area contributed by atoms with Gasteiger partial charge < -0.3 is 28.4 Å². The summed E-state index contributed by atoms with van der Waals surface area (Å²) in [6, 6.07) is 0. The van der Waals surface area contributed by atoms with E-state index in [-0.39, 0.29) is 12.4 Å². The molecule has 0 aromatic rings. The molecule has 2 rings (SSSR count). The minimum absolute atomic E-state index is 0.138. The number of ketones is 1. The lowest BCUT2D eigenvalue weighted by Gasteiger charge is -2.53. The minimum Gasteiger partial charge on any atom is -0.461 e. The summed E-state index contributed by atoms with van der Waals surface area (Å²) in [6.07, 6.45) is 2.46. The number of unbranched alkanes of at least 4 members (excludes halogenated alkanes) is 2. The molecular weight excluding hydrogens is 368 g/mol. The summed E-state index contributed by atoms with van der Waals surface area (Å²) in [5.74, 6) is -3.34. The summed E-state index contributed by atoms with van der Waals surface area (Å²) in [5.41, 5.74) is 0.319. The molecule has 0 radical (unpaired) electrons. The summed E-state index contributed by atoms with van der Waals surface area (Å²) in [7, 11) is 2.95. The highest BCUT2D eigenvalue weighted by molar-refractivity contribution is 6.01. The van der Waals surface area contributed by atoms with Crippen LogP contribution in [0.3, 0.4) is 0 Å². The van der Waals surface area contributed by atoms with Crippen LogP contribution < -0.4 is 0 Å². The van der Waals surface area contributed by atoms with Gasteiger partial charge in [-0.05, 0) is 26.3 Å². The number of rotatable bonds is 9. The maximum absolute atomic E-state index is 13.0. The van der Waals surface area contributed by atoms with E-state index in [9.17, 15) is 9.59 Å². The zero-order chi connectivity index (χ0) is 20.9. The van der Waals surface area contributed by atoms with E-state index in [0.29, 0.717) is 12.2 Å². The van der Waals surface area contributed by atoms with Crippen LogP contribution in [-0.2, 0) is 38.0 Å². The largest absolute Gasteiger partial charge is 0.461 e. The van der Waals surface area contributed by atoms with Crippen molar-refractivity contribution in [3.63, 3.8) is 0 Å². The Bertz CT molecular complexity index is 603. The van der Waals surface area contributed by atoms with Crippen LogP contribution in [0.1, 0.15) is 47.0 Å². The fourth-order valence-corrected chi connectivity index (χ4v) is 3.33. The van der Waals surface area contributed by atoms with E-state index in [4.69, 9.17) is 28.4 Å². The highest BCUT2D eigenvalue weighted by Crippen LogP contribution is 2.42. The van der Waals surface area contributed by atoms with Crippen LogP contribution in [0.5, 0.6) is 0 Å². The van der Waals surface area contributed by atoms with Crippen LogP contribution >= 0.6 is 0 Å². The predicted molar refractivity (Wildman–Crippen MR) is 99.6 cm³/mol. The molecule has 28 heavy (non-hydrogen) atoms. The van der Waals surface area contributed by atoms with Gasteiger partial charge in [0.15, 0.2) is 11.9 Å². The summed E-state index contributed by atoms with van der Waals surface area (Å²) in [4.78, 5) is 24.2. The predicted octanol–water partition coefficient (Wildman–Crippen LogP) is 2.14. The van der Waals surface area contributed by atoms with Crippen molar-refractivity contribution in [1.29, 1.82) is 0 Å². The first-order chi connectivity index (χ1) is 13.2. The van der Waals surface area contributed by atoms with Crippen molar-refractivity contribution >= 4 is 11.8 Å². The molecule has 1 saturated heterocycles. The number of carbonyl (C=O) groups excluding carboxylic acids is 2. The number of Topliss-reactive ketones (excluding diaryl/α,β-unsaturated/α-hetero) is 1. The van der Waals surface area contributed by atoms with Gasteiger partial charge >= 0.3 is 5.97 Å². The molecule has 1 aliphatic heterocycles. The summed E-state index contributed by atoms with van der Waals surface area (Å²) >= 11 is 0. The summed E-state index contributed by atoms with van der Waals surface area (Å²) < 4.78 is 34.3. The molecule has 1 aliphatic carbocycles. The van der Waals surface area contributed by atoms with Crippen LogP contribution in [0, 0.1) is 0 Å². The van der Waals surface area contributed by atoms with Gasteiger partial charge in [0.25, 0.3) is 0 Å². The van der Waals surface area contributed by atoms with E-state index >= 15 is 0 Å². The van der Waals surface area contributed by atoms with Crippen molar-refractivity contribution in [2.75, 3.05) is 27.4 Å². The number of fused-ring (bicyclic) bond motifs is 1. The lowest BCUT2D eigenvalue weighted by molar-refractivity contribution is -0.447. The monoisotopic (exact) mass is 400 g/mol. The van der Waals surface area contributed by atoms with E-state index in [0.717, 1.165) is 19.3 Å². The topological polar surface area (TPSA) is 89.5 Å². The van der Waals surface area contributed by atoms with Crippen molar-refractivity contribution in [2.45, 2.75) is 76.8 Å². The standard InChI is InChI=1S/C20H32O8/c1-7-8-9-10-25-15-11-14(12-26-13(2)21)16(22)18-17(15)27-19(3,23-5)20(4,24-6)28-18/h11,15,17-18H,7-10,12H2,1-6H3/t15-,17-,18-,19+,20+/m0/s1. The van der Waals surface area contributed by atoms with E-state index in [1.807, 2.05) is 0 Å². The zero-order valence-corrected chi connectivity index (χ0v) is 17.6. The van der Waals surface area contributed by atoms with E-state index < -0.39 is 35.9 Å². The van der Waals surface area contributed by atoms with Crippen LogP contribution in [0.4, 0.5) is 0 Å². The van der Waals surface area contributed by atoms with Gasteiger partial charge in [-0.15, -0.1) is 0 Å². The van der Waals surface area contributed by atoms with Crippen molar-refractivity contribution < 1.29 is 38.0 Å². The molecule has 0 amide bonds. The molecule has 0 N–H and O–H groups in total. The Balaban J connectivity index is 2.30. The Morgan fingerprint density at radius 1 is 1.14 bits per heavy atom. The Morgan fingerprint density at radius 2 is 1.79 bits per heavy atom. The van der Waals surface area contributed by atoms with Crippen molar-refractivity contribution in [3.05, 3.63) is 11.6 Å². The molecule has 0 spiro atoms. The molecule has 1 heterocycles. The number of carbonyl (C=O) groups is 2. The molecular formula is C20H32O8. The second-order valence-corrected chi connectivity index (χ2v) is 7.30. The number of hydrogen-bond acceptors (Lipinski definition) is 8. The van der Waals surface area contributed by atoms with Crippen LogP contribution in [0.25, 0.3) is 0 Å². The fourth-order valence-electron chi connectivity index (χ4n) is 3.33. The lowest BCUT2D eigenvalue weighted by Crippen LogP contribution is -2.69. The first-order valence-electron chi connectivity index (χ1n) is 9.67.